The van der Waals surface area contributed by atoms with Crippen LogP contribution in [0.15, 0.2) is 22.7 Å². The van der Waals surface area contributed by atoms with Gasteiger partial charge in [-0.25, -0.2) is 4.39 Å². The predicted octanol–water partition coefficient (Wildman–Crippen LogP) is 3.40. The summed E-state index contributed by atoms with van der Waals surface area (Å²) in [4.78, 5) is 7.99. The van der Waals surface area contributed by atoms with E-state index in [0.29, 0.717) is 21.8 Å². The summed E-state index contributed by atoms with van der Waals surface area (Å²) in [6.07, 6.45) is 0. The van der Waals surface area contributed by atoms with E-state index >= 15 is 0 Å². The Labute approximate surface area is 122 Å². The number of hydrogen-bond donors (Lipinski definition) is 3. The highest BCUT2D eigenvalue weighted by Crippen LogP contribution is 2.33. The zero-order valence-electron chi connectivity index (χ0n) is 9.84. The fourth-order valence-corrected chi connectivity index (χ4v) is 2.35. The number of anilines is 4. The second-order valence-electron chi connectivity index (χ2n) is 3.62. The molecule has 0 radical (unpaired) electrons. The van der Waals surface area contributed by atoms with Crippen LogP contribution in [0.1, 0.15) is 0 Å². The van der Waals surface area contributed by atoms with E-state index < -0.39 is 5.82 Å². The summed E-state index contributed by atoms with van der Waals surface area (Å²) < 4.78 is 13.6. The molecule has 1 aromatic carbocycles. The molecule has 0 fully saturated rings. The maximum atomic E-state index is 13.1. The maximum Gasteiger partial charge on any atom is 0.223 e. The molecule has 2 aromatic rings. The first-order valence-corrected chi connectivity index (χ1v) is 6.40. The van der Waals surface area contributed by atoms with Crippen molar-refractivity contribution in [3.8, 4) is 0 Å². The van der Waals surface area contributed by atoms with Crippen LogP contribution < -0.4 is 16.4 Å². The van der Waals surface area contributed by atoms with Crippen molar-refractivity contribution in [2.45, 2.75) is 0 Å². The molecular formula is C11H10BrClFN5. The molecule has 0 bridgehead atoms. The van der Waals surface area contributed by atoms with Crippen molar-refractivity contribution in [3.05, 3.63) is 33.5 Å². The van der Waals surface area contributed by atoms with E-state index in [0.717, 1.165) is 0 Å². The lowest BCUT2D eigenvalue weighted by molar-refractivity contribution is 0.627. The fraction of sp³-hybridized carbons (Fsp3) is 0.0909. The van der Waals surface area contributed by atoms with Crippen molar-refractivity contribution in [3.63, 3.8) is 0 Å². The van der Waals surface area contributed by atoms with E-state index in [1.165, 1.54) is 12.1 Å². The number of nitrogen functional groups attached to an aromatic ring is 1. The van der Waals surface area contributed by atoms with Gasteiger partial charge in [-0.2, -0.15) is 9.97 Å². The van der Waals surface area contributed by atoms with Crippen molar-refractivity contribution in [2.24, 2.45) is 0 Å². The molecule has 19 heavy (non-hydrogen) atoms. The Morgan fingerprint density at radius 3 is 2.58 bits per heavy atom. The third kappa shape index (κ3) is 3.24. The van der Waals surface area contributed by atoms with E-state index in [1.54, 1.807) is 13.1 Å². The van der Waals surface area contributed by atoms with Crippen molar-refractivity contribution in [1.82, 2.24) is 9.97 Å². The van der Waals surface area contributed by atoms with Gasteiger partial charge in [-0.05, 0) is 28.1 Å². The Morgan fingerprint density at radius 2 is 1.95 bits per heavy atom. The van der Waals surface area contributed by atoms with E-state index in [2.05, 4.69) is 36.5 Å². The predicted molar refractivity (Wildman–Crippen MR) is 78.4 cm³/mol. The average molecular weight is 347 g/mol. The van der Waals surface area contributed by atoms with Crippen LogP contribution in [0.25, 0.3) is 0 Å². The number of halogens is 3. The molecule has 0 unspecified atom stereocenters. The van der Waals surface area contributed by atoms with Gasteiger partial charge in [0.15, 0.2) is 0 Å². The van der Waals surface area contributed by atoms with Crippen LogP contribution in [0, 0.1) is 5.82 Å². The van der Waals surface area contributed by atoms with Gasteiger partial charge < -0.3 is 16.4 Å². The average Bonchev–Trinajstić information content (AvgIpc) is 2.33. The van der Waals surface area contributed by atoms with E-state index in [1.807, 2.05) is 0 Å². The summed E-state index contributed by atoms with van der Waals surface area (Å²) in [5.41, 5.74) is 6.08. The summed E-state index contributed by atoms with van der Waals surface area (Å²) in [5, 5.41) is 6.05. The van der Waals surface area contributed by atoms with Crippen molar-refractivity contribution in [2.75, 3.05) is 23.4 Å². The molecule has 0 aliphatic carbocycles. The minimum absolute atomic E-state index is 0.115. The molecule has 1 aromatic heterocycles. The summed E-state index contributed by atoms with van der Waals surface area (Å²) in [7, 11) is 1.71. The Bertz CT molecular complexity index is 599. The zero-order chi connectivity index (χ0) is 14.0. The quantitative estimate of drug-likeness (QED) is 0.794. The highest BCUT2D eigenvalue weighted by molar-refractivity contribution is 9.10. The van der Waals surface area contributed by atoms with Crippen LogP contribution in [0.4, 0.5) is 27.7 Å². The van der Waals surface area contributed by atoms with Gasteiger partial charge in [-0.15, -0.1) is 0 Å². The van der Waals surface area contributed by atoms with Crippen molar-refractivity contribution < 1.29 is 4.39 Å². The van der Waals surface area contributed by atoms with Gasteiger partial charge in [0.2, 0.25) is 5.95 Å². The lowest BCUT2D eigenvalue weighted by Crippen LogP contribution is -2.04. The zero-order valence-corrected chi connectivity index (χ0v) is 12.2. The van der Waals surface area contributed by atoms with Gasteiger partial charge in [0.25, 0.3) is 0 Å². The second-order valence-corrected chi connectivity index (χ2v) is 4.88. The fourth-order valence-electron chi connectivity index (χ4n) is 1.45. The van der Waals surface area contributed by atoms with Crippen LogP contribution in [-0.4, -0.2) is 17.0 Å². The molecule has 0 atom stereocenters. The number of nitrogens with one attached hydrogen (secondary N) is 2. The van der Waals surface area contributed by atoms with Gasteiger partial charge in [-0.3, -0.25) is 0 Å². The maximum absolute atomic E-state index is 13.1. The minimum Gasteiger partial charge on any atom is -0.373 e. The normalized spacial score (nSPS) is 10.3. The smallest absolute Gasteiger partial charge is 0.223 e. The number of hydrogen-bond acceptors (Lipinski definition) is 5. The number of benzene rings is 1. The van der Waals surface area contributed by atoms with Crippen molar-refractivity contribution >= 4 is 50.8 Å². The Hall–Kier alpha value is -1.60. The Kier molecular flexibility index (Phi) is 4.06. The number of rotatable bonds is 3. The molecule has 0 amide bonds. The molecule has 100 valence electrons. The van der Waals surface area contributed by atoms with Crippen LogP contribution in [0.5, 0.6) is 0 Å². The number of aromatic nitrogens is 2. The molecule has 0 saturated carbocycles. The molecule has 0 aliphatic rings. The second kappa shape index (κ2) is 5.58. The topological polar surface area (TPSA) is 75.9 Å². The molecule has 0 spiro atoms. The number of nitrogens with two attached hydrogens (primary N) is 1. The van der Waals surface area contributed by atoms with Crippen LogP contribution in [0.3, 0.4) is 0 Å². The van der Waals surface area contributed by atoms with E-state index in [9.17, 15) is 4.39 Å². The van der Waals surface area contributed by atoms with Gasteiger partial charge in [0.1, 0.15) is 17.5 Å². The summed E-state index contributed by atoms with van der Waals surface area (Å²) in [5.74, 6) is 0.694. The SMILES string of the molecule is CNc1cc(Nc2c(Cl)cc(F)cc2Br)nc(N)n1. The molecular weight excluding hydrogens is 337 g/mol. The summed E-state index contributed by atoms with van der Waals surface area (Å²) in [6.45, 7) is 0. The molecule has 2 rings (SSSR count). The largest absolute Gasteiger partial charge is 0.373 e. The third-order valence-electron chi connectivity index (χ3n) is 2.26. The van der Waals surface area contributed by atoms with E-state index in [4.69, 9.17) is 17.3 Å². The first-order valence-electron chi connectivity index (χ1n) is 5.23. The molecule has 8 heteroatoms. The first kappa shape index (κ1) is 13.8. The van der Waals surface area contributed by atoms with Gasteiger partial charge in [0.05, 0.1) is 10.7 Å². The minimum atomic E-state index is -0.430. The molecule has 0 saturated heterocycles. The highest BCUT2D eigenvalue weighted by atomic mass is 79.9. The van der Waals surface area contributed by atoms with E-state index in [-0.39, 0.29) is 11.0 Å². The lowest BCUT2D eigenvalue weighted by Gasteiger charge is -2.11. The monoisotopic (exact) mass is 345 g/mol. The molecule has 5 nitrogen and oxygen atoms in total. The first-order chi connectivity index (χ1) is 8.99. The molecule has 4 N–H and O–H groups in total. The lowest BCUT2D eigenvalue weighted by atomic mass is 10.3. The Morgan fingerprint density at radius 1 is 1.26 bits per heavy atom. The van der Waals surface area contributed by atoms with Crippen LogP contribution in [-0.2, 0) is 0 Å². The van der Waals surface area contributed by atoms with Gasteiger partial charge in [-0.1, -0.05) is 11.6 Å². The van der Waals surface area contributed by atoms with Crippen molar-refractivity contribution in [1.29, 1.82) is 0 Å². The van der Waals surface area contributed by atoms with Gasteiger partial charge >= 0.3 is 0 Å². The molecule has 1 heterocycles. The summed E-state index contributed by atoms with van der Waals surface area (Å²) >= 11 is 9.21. The van der Waals surface area contributed by atoms with Crippen LogP contribution >= 0.6 is 27.5 Å². The summed E-state index contributed by atoms with van der Waals surface area (Å²) in [6, 6.07) is 4.17. The number of nitrogens with zero attached hydrogens (tertiary/aromatic N) is 2. The standard InChI is InChI=1S/C11H10BrClFN5/c1-16-8-4-9(19-11(15)18-8)17-10-6(12)2-5(14)3-7(10)13/h2-4H,1H3,(H4,15,16,17,18,19). The highest BCUT2D eigenvalue weighted by Gasteiger charge is 2.10. The molecule has 0 aliphatic heterocycles. The van der Waals surface area contributed by atoms with Crippen LogP contribution in [0.2, 0.25) is 5.02 Å². The third-order valence-corrected chi connectivity index (χ3v) is 3.18. The Balaban J connectivity index is 2.39. The van der Waals surface area contributed by atoms with Gasteiger partial charge in [0, 0.05) is 17.6 Å².